The number of furan rings is 1. The van der Waals surface area contributed by atoms with Crippen molar-refractivity contribution in [1.29, 1.82) is 0 Å². The lowest BCUT2D eigenvalue weighted by atomic mass is 9.88. The first-order valence-electron chi connectivity index (χ1n) is 6.22. The second-order valence-corrected chi connectivity index (χ2v) is 5.96. The summed E-state index contributed by atoms with van der Waals surface area (Å²) in [6.45, 7) is 11.4. The Kier molecular flexibility index (Phi) is 4.78. The molecular weight excluding hydrogens is 214 g/mol. The molecule has 1 unspecified atom stereocenters. The van der Waals surface area contributed by atoms with Gasteiger partial charge in [-0.3, -0.25) is 0 Å². The molecule has 1 aromatic rings. The second kappa shape index (κ2) is 5.69. The summed E-state index contributed by atoms with van der Waals surface area (Å²) in [6.07, 6.45) is 0.958. The summed E-state index contributed by atoms with van der Waals surface area (Å²) >= 11 is 0. The summed E-state index contributed by atoms with van der Waals surface area (Å²) in [7, 11) is 0. The maximum Gasteiger partial charge on any atom is 0.105 e. The fourth-order valence-corrected chi connectivity index (χ4v) is 2.05. The summed E-state index contributed by atoms with van der Waals surface area (Å²) in [6, 6.07) is 2.19. The van der Waals surface area contributed by atoms with Gasteiger partial charge in [-0.2, -0.15) is 0 Å². The normalized spacial score (nSPS) is 14.0. The van der Waals surface area contributed by atoms with Gasteiger partial charge in [0.1, 0.15) is 11.5 Å². The molecule has 3 heteroatoms. The van der Waals surface area contributed by atoms with Gasteiger partial charge in [-0.05, 0) is 31.7 Å². The second-order valence-electron chi connectivity index (χ2n) is 5.96. The first-order valence-corrected chi connectivity index (χ1v) is 6.22. The number of aliphatic hydroxyl groups is 1. The van der Waals surface area contributed by atoms with E-state index in [1.54, 1.807) is 0 Å². The van der Waals surface area contributed by atoms with Gasteiger partial charge in [-0.15, -0.1) is 0 Å². The topological polar surface area (TPSA) is 45.4 Å². The fourth-order valence-electron chi connectivity index (χ4n) is 2.05. The number of aliphatic hydroxyl groups excluding tert-OH is 1. The van der Waals surface area contributed by atoms with Gasteiger partial charge in [0.15, 0.2) is 0 Å². The van der Waals surface area contributed by atoms with Gasteiger partial charge < -0.3 is 14.8 Å². The van der Waals surface area contributed by atoms with Crippen molar-refractivity contribution in [2.75, 3.05) is 6.61 Å². The highest BCUT2D eigenvalue weighted by molar-refractivity contribution is 5.19. The van der Waals surface area contributed by atoms with Crippen LogP contribution >= 0.6 is 0 Å². The van der Waals surface area contributed by atoms with Crippen molar-refractivity contribution in [3.63, 3.8) is 0 Å². The molecule has 3 nitrogen and oxygen atoms in total. The van der Waals surface area contributed by atoms with Crippen LogP contribution in [0.5, 0.6) is 0 Å². The van der Waals surface area contributed by atoms with Gasteiger partial charge in [0.2, 0.25) is 0 Å². The van der Waals surface area contributed by atoms with Crippen LogP contribution in [-0.4, -0.2) is 17.8 Å². The van der Waals surface area contributed by atoms with Crippen LogP contribution in [0.25, 0.3) is 0 Å². The van der Waals surface area contributed by atoms with Crippen molar-refractivity contribution in [3.05, 3.63) is 23.2 Å². The van der Waals surface area contributed by atoms with E-state index in [1.165, 1.54) is 5.56 Å². The Hall–Kier alpha value is -0.800. The molecule has 17 heavy (non-hydrogen) atoms. The Bertz CT molecular complexity index is 350. The van der Waals surface area contributed by atoms with E-state index in [9.17, 15) is 5.11 Å². The van der Waals surface area contributed by atoms with Crippen LogP contribution in [0.2, 0.25) is 0 Å². The molecule has 0 saturated heterocycles. The molecule has 0 fully saturated rings. The number of aryl methyl sites for hydroxylation is 2. The summed E-state index contributed by atoms with van der Waals surface area (Å²) < 4.78 is 5.48. The highest BCUT2D eigenvalue weighted by Gasteiger charge is 2.18. The van der Waals surface area contributed by atoms with E-state index in [1.807, 2.05) is 19.9 Å². The zero-order chi connectivity index (χ0) is 13.1. The van der Waals surface area contributed by atoms with Crippen LogP contribution in [0.3, 0.4) is 0 Å². The average Bonchev–Trinajstić information content (AvgIpc) is 2.50. The van der Waals surface area contributed by atoms with Gasteiger partial charge >= 0.3 is 0 Å². The lowest BCUT2D eigenvalue weighted by Gasteiger charge is -2.25. The molecule has 0 aliphatic rings. The fraction of sp³-hybridized carbons (Fsp3) is 0.714. The zero-order valence-electron chi connectivity index (χ0n) is 11.6. The summed E-state index contributed by atoms with van der Waals surface area (Å²) in [4.78, 5) is 0. The van der Waals surface area contributed by atoms with Gasteiger partial charge in [0.05, 0.1) is 6.61 Å². The molecule has 0 aliphatic carbocycles. The predicted molar refractivity (Wildman–Crippen MR) is 70.0 cm³/mol. The third kappa shape index (κ3) is 4.92. The zero-order valence-corrected chi connectivity index (χ0v) is 11.6. The number of hydrogen-bond donors (Lipinski definition) is 2. The molecule has 0 radical (unpaired) electrons. The van der Waals surface area contributed by atoms with Crippen molar-refractivity contribution in [3.8, 4) is 0 Å². The number of nitrogens with one attached hydrogen (secondary N) is 1. The minimum Gasteiger partial charge on any atom is -0.466 e. The monoisotopic (exact) mass is 239 g/mol. The third-order valence-corrected chi connectivity index (χ3v) is 2.80. The molecular formula is C14H25NO2. The van der Waals surface area contributed by atoms with E-state index in [0.717, 1.165) is 24.5 Å². The first kappa shape index (κ1) is 14.3. The van der Waals surface area contributed by atoms with E-state index >= 15 is 0 Å². The Morgan fingerprint density at radius 3 is 2.41 bits per heavy atom. The summed E-state index contributed by atoms with van der Waals surface area (Å²) in [5.74, 6) is 1.90. The average molecular weight is 239 g/mol. The van der Waals surface area contributed by atoms with Crippen LogP contribution in [0.1, 0.15) is 44.3 Å². The molecule has 1 aromatic heterocycles. The first-order chi connectivity index (χ1) is 7.81. The van der Waals surface area contributed by atoms with Crippen molar-refractivity contribution in [2.45, 2.75) is 53.6 Å². The van der Waals surface area contributed by atoms with Crippen LogP contribution in [0, 0.1) is 19.3 Å². The van der Waals surface area contributed by atoms with E-state index < -0.39 is 0 Å². The SMILES string of the molecule is Cc1cc(CNC(CO)CC(C)(C)C)c(C)o1. The van der Waals surface area contributed by atoms with Crippen LogP contribution in [0.15, 0.2) is 10.5 Å². The molecule has 1 rings (SSSR count). The maximum absolute atomic E-state index is 9.36. The summed E-state index contributed by atoms with van der Waals surface area (Å²) in [5.41, 5.74) is 1.40. The summed E-state index contributed by atoms with van der Waals surface area (Å²) in [5, 5.41) is 12.7. The highest BCUT2D eigenvalue weighted by Crippen LogP contribution is 2.21. The Morgan fingerprint density at radius 1 is 1.35 bits per heavy atom. The Morgan fingerprint density at radius 2 is 2.00 bits per heavy atom. The van der Waals surface area contributed by atoms with E-state index in [4.69, 9.17) is 4.42 Å². The molecule has 0 amide bonds. The molecule has 0 aromatic carbocycles. The van der Waals surface area contributed by atoms with Crippen molar-refractivity contribution in [2.24, 2.45) is 5.41 Å². The molecule has 1 atom stereocenters. The largest absolute Gasteiger partial charge is 0.466 e. The van der Waals surface area contributed by atoms with Gasteiger partial charge in [0.25, 0.3) is 0 Å². The molecule has 1 heterocycles. The molecule has 0 aliphatic heterocycles. The van der Waals surface area contributed by atoms with E-state index in [2.05, 4.69) is 26.1 Å². The number of hydrogen-bond acceptors (Lipinski definition) is 3. The van der Waals surface area contributed by atoms with Gasteiger partial charge in [0, 0.05) is 18.2 Å². The maximum atomic E-state index is 9.36. The minimum atomic E-state index is 0.143. The van der Waals surface area contributed by atoms with E-state index in [0.29, 0.717) is 0 Å². The highest BCUT2D eigenvalue weighted by atomic mass is 16.3. The molecule has 0 bridgehead atoms. The third-order valence-electron chi connectivity index (χ3n) is 2.80. The van der Waals surface area contributed by atoms with Crippen LogP contribution in [0.4, 0.5) is 0 Å². The predicted octanol–water partition coefficient (Wildman–Crippen LogP) is 2.78. The molecule has 0 saturated carbocycles. The van der Waals surface area contributed by atoms with Crippen LogP contribution in [-0.2, 0) is 6.54 Å². The smallest absolute Gasteiger partial charge is 0.105 e. The van der Waals surface area contributed by atoms with Crippen molar-refractivity contribution >= 4 is 0 Å². The molecule has 0 spiro atoms. The Labute approximate surface area is 104 Å². The molecule has 98 valence electrons. The van der Waals surface area contributed by atoms with Gasteiger partial charge in [-0.25, -0.2) is 0 Å². The molecule has 2 N–H and O–H groups in total. The Balaban J connectivity index is 2.50. The lowest BCUT2D eigenvalue weighted by Crippen LogP contribution is -2.35. The quantitative estimate of drug-likeness (QED) is 0.830. The van der Waals surface area contributed by atoms with Gasteiger partial charge in [-0.1, -0.05) is 20.8 Å². The standard InChI is InChI=1S/C14H25NO2/c1-10-6-12(11(2)17-10)8-15-13(9-16)7-14(3,4)5/h6,13,15-16H,7-9H2,1-5H3. The van der Waals surface area contributed by atoms with E-state index in [-0.39, 0.29) is 18.1 Å². The van der Waals surface area contributed by atoms with Crippen molar-refractivity contribution in [1.82, 2.24) is 5.32 Å². The van der Waals surface area contributed by atoms with Crippen LogP contribution < -0.4 is 5.32 Å². The number of rotatable bonds is 5. The minimum absolute atomic E-state index is 0.143. The lowest BCUT2D eigenvalue weighted by molar-refractivity contribution is 0.198. The van der Waals surface area contributed by atoms with Crippen molar-refractivity contribution < 1.29 is 9.52 Å².